The first kappa shape index (κ1) is 31.2. The van der Waals surface area contributed by atoms with Crippen molar-refractivity contribution in [3.8, 4) is 17.0 Å². The quantitative estimate of drug-likeness (QED) is 0.151. The number of aromatic nitrogens is 2. The van der Waals surface area contributed by atoms with Gasteiger partial charge in [0.15, 0.2) is 5.78 Å². The molecule has 3 aromatic carbocycles. The fourth-order valence-corrected chi connectivity index (χ4v) is 6.07. The smallest absolute Gasteiger partial charge is 0.227 e. The van der Waals surface area contributed by atoms with Crippen LogP contribution >= 0.6 is 0 Å². The maximum absolute atomic E-state index is 15.3. The van der Waals surface area contributed by atoms with Crippen LogP contribution in [0.1, 0.15) is 36.0 Å². The number of piperidine rings is 1. The number of morpholine rings is 1. The van der Waals surface area contributed by atoms with Crippen molar-refractivity contribution in [1.82, 2.24) is 9.97 Å². The van der Waals surface area contributed by atoms with Crippen LogP contribution < -0.4 is 15.1 Å². The van der Waals surface area contributed by atoms with Gasteiger partial charge in [-0.05, 0) is 85.0 Å². The zero-order chi connectivity index (χ0) is 32.0. The molecule has 2 N–H and O–H groups in total. The third-order valence-electron chi connectivity index (χ3n) is 8.39. The lowest BCUT2D eigenvalue weighted by Gasteiger charge is -2.29. The second-order valence-corrected chi connectivity index (χ2v) is 11.7. The van der Waals surface area contributed by atoms with E-state index in [1.165, 1.54) is 30.7 Å². The Bertz CT molecular complexity index is 1740. The van der Waals surface area contributed by atoms with Crippen LogP contribution in [-0.4, -0.2) is 60.3 Å². The maximum atomic E-state index is 15.3. The molecule has 0 amide bonds. The maximum Gasteiger partial charge on any atom is 0.227 e. The molecule has 0 aliphatic carbocycles. The Morgan fingerprint density at radius 3 is 2.48 bits per heavy atom. The highest BCUT2D eigenvalue weighted by molar-refractivity contribution is 5.91. The predicted octanol–water partition coefficient (Wildman–Crippen LogP) is 6.59. The van der Waals surface area contributed by atoms with Crippen molar-refractivity contribution in [1.29, 1.82) is 0 Å². The summed E-state index contributed by atoms with van der Waals surface area (Å²) >= 11 is 0. The molecule has 2 saturated heterocycles. The van der Waals surface area contributed by atoms with Crippen molar-refractivity contribution < 1.29 is 23.4 Å². The van der Waals surface area contributed by atoms with E-state index in [-0.39, 0.29) is 29.7 Å². The number of allylic oxidation sites excluding steroid dienone is 1. The van der Waals surface area contributed by atoms with Crippen molar-refractivity contribution >= 4 is 28.8 Å². The lowest BCUT2D eigenvalue weighted by atomic mass is 9.97. The number of carbonyl (C=O) groups excluding carboxylic acids is 1. The molecule has 4 aromatic rings. The molecular formula is C36H37F2N5O3. The number of carbonyl (C=O) groups is 1. The van der Waals surface area contributed by atoms with E-state index in [1.54, 1.807) is 30.5 Å². The number of halogens is 2. The zero-order valence-electron chi connectivity index (χ0n) is 25.6. The third-order valence-corrected chi connectivity index (χ3v) is 8.39. The largest absolute Gasteiger partial charge is 0.506 e. The molecule has 0 spiro atoms. The molecular weight excluding hydrogens is 588 g/mol. The number of ketones is 1. The molecule has 238 valence electrons. The number of nitrogens with zero attached hydrogens (tertiary/aromatic N) is 4. The average molecular weight is 626 g/mol. The molecule has 8 nitrogen and oxygen atoms in total. The minimum absolute atomic E-state index is 0.000777. The number of hydrogen-bond acceptors (Lipinski definition) is 8. The minimum atomic E-state index is -0.506. The molecule has 6 rings (SSSR count). The van der Waals surface area contributed by atoms with Crippen molar-refractivity contribution in [3.63, 3.8) is 0 Å². The van der Waals surface area contributed by atoms with E-state index < -0.39 is 5.82 Å². The highest BCUT2D eigenvalue weighted by Gasteiger charge is 2.19. The zero-order valence-corrected chi connectivity index (χ0v) is 25.6. The summed E-state index contributed by atoms with van der Waals surface area (Å²) in [5, 5.41) is 13.8. The van der Waals surface area contributed by atoms with Crippen LogP contribution in [0.15, 0.2) is 73.4 Å². The molecule has 2 fully saturated rings. The normalized spacial score (nSPS) is 15.1. The van der Waals surface area contributed by atoms with Crippen LogP contribution in [0.5, 0.6) is 5.75 Å². The number of hydrogen-bond donors (Lipinski definition) is 2. The highest BCUT2D eigenvalue weighted by atomic mass is 19.1. The topological polar surface area (TPSA) is 90.8 Å². The molecule has 0 atom stereocenters. The van der Waals surface area contributed by atoms with Gasteiger partial charge in [-0.25, -0.2) is 18.7 Å². The molecule has 0 radical (unpaired) electrons. The molecule has 0 bridgehead atoms. The van der Waals surface area contributed by atoms with Crippen LogP contribution in [0, 0.1) is 11.6 Å². The molecule has 10 heteroatoms. The molecule has 46 heavy (non-hydrogen) atoms. The van der Waals surface area contributed by atoms with Crippen molar-refractivity contribution in [2.24, 2.45) is 0 Å². The predicted molar refractivity (Wildman–Crippen MR) is 176 cm³/mol. The molecule has 2 aliphatic rings. The van der Waals surface area contributed by atoms with Gasteiger partial charge < -0.3 is 25.0 Å². The van der Waals surface area contributed by atoms with Gasteiger partial charge >= 0.3 is 0 Å². The summed E-state index contributed by atoms with van der Waals surface area (Å²) in [5.41, 5.74) is 4.75. The van der Waals surface area contributed by atoms with Gasteiger partial charge in [-0.1, -0.05) is 12.6 Å². The van der Waals surface area contributed by atoms with Crippen LogP contribution in [0.25, 0.3) is 11.3 Å². The number of phenols is 1. The molecule has 2 aliphatic heterocycles. The Morgan fingerprint density at radius 1 is 0.935 bits per heavy atom. The molecule has 1 aromatic heterocycles. The van der Waals surface area contributed by atoms with Crippen LogP contribution in [0.2, 0.25) is 0 Å². The van der Waals surface area contributed by atoms with Gasteiger partial charge in [0, 0.05) is 62.0 Å². The summed E-state index contributed by atoms with van der Waals surface area (Å²) in [6, 6.07) is 14.9. The van der Waals surface area contributed by atoms with E-state index in [4.69, 9.17) is 9.72 Å². The Labute approximate surface area is 267 Å². The van der Waals surface area contributed by atoms with Gasteiger partial charge in [0.1, 0.15) is 17.4 Å². The molecule has 0 unspecified atom stereocenters. The summed E-state index contributed by atoms with van der Waals surface area (Å²) < 4.78 is 35.6. The molecule has 3 heterocycles. The second-order valence-electron chi connectivity index (χ2n) is 11.7. The average Bonchev–Trinajstić information content (AvgIpc) is 3.07. The molecule has 0 saturated carbocycles. The van der Waals surface area contributed by atoms with Crippen molar-refractivity contribution in [2.45, 2.75) is 32.1 Å². The van der Waals surface area contributed by atoms with E-state index >= 15 is 4.39 Å². The van der Waals surface area contributed by atoms with Crippen molar-refractivity contribution in [2.75, 3.05) is 54.5 Å². The standard InChI is InChI=1S/C36H37F2N5O3/c1-2-30(44)19-25-17-26(21-28(37)18-25)35-27(16-24-6-8-32(31(38)20-24)43-12-14-46-15-13-43)23-39-36(41-35)40-29-7-9-34(45)33(22-29)42-10-4-3-5-11-42/h2,6-9,17-18,20-23,45H,1,3-5,10-16,19H2,(H,39,40,41). The SMILES string of the molecule is C=CC(=O)Cc1cc(F)cc(-c2nc(Nc3ccc(O)c(N4CCCCC4)c3)ncc2Cc2ccc(N3CCOCC3)c(F)c2)c1. The van der Waals surface area contributed by atoms with Gasteiger partial charge in [0.25, 0.3) is 0 Å². The number of nitrogens with one attached hydrogen (secondary N) is 1. The summed E-state index contributed by atoms with van der Waals surface area (Å²) in [4.78, 5) is 25.6. The number of phenolic OH excluding ortho intramolecular Hbond substituents is 1. The number of benzene rings is 3. The Balaban J connectivity index is 1.34. The monoisotopic (exact) mass is 625 g/mol. The van der Waals surface area contributed by atoms with Gasteiger partial charge in [0.05, 0.1) is 30.3 Å². The number of ether oxygens (including phenoxy) is 1. The van der Waals surface area contributed by atoms with E-state index in [9.17, 15) is 14.3 Å². The van der Waals surface area contributed by atoms with E-state index in [0.29, 0.717) is 72.0 Å². The summed E-state index contributed by atoms with van der Waals surface area (Å²) in [6.45, 7) is 7.63. The van der Waals surface area contributed by atoms with Gasteiger partial charge in [-0.2, -0.15) is 0 Å². The van der Waals surface area contributed by atoms with Crippen LogP contribution in [-0.2, 0) is 22.4 Å². The lowest BCUT2D eigenvalue weighted by molar-refractivity contribution is -0.114. The highest BCUT2D eigenvalue weighted by Crippen LogP contribution is 2.34. The minimum Gasteiger partial charge on any atom is -0.506 e. The van der Waals surface area contributed by atoms with E-state index in [0.717, 1.165) is 31.6 Å². The Kier molecular flexibility index (Phi) is 9.54. The van der Waals surface area contributed by atoms with Gasteiger partial charge in [-0.3, -0.25) is 4.79 Å². The fourth-order valence-electron chi connectivity index (χ4n) is 6.07. The Morgan fingerprint density at radius 2 is 1.72 bits per heavy atom. The second kappa shape index (κ2) is 14.1. The number of rotatable bonds is 10. The third kappa shape index (κ3) is 7.34. The number of anilines is 4. The van der Waals surface area contributed by atoms with E-state index in [2.05, 4.69) is 21.8 Å². The van der Waals surface area contributed by atoms with Gasteiger partial charge in [-0.15, -0.1) is 0 Å². The number of aromatic hydroxyl groups is 1. The fraction of sp³-hybridized carbons (Fsp3) is 0.306. The first-order valence-corrected chi connectivity index (χ1v) is 15.6. The van der Waals surface area contributed by atoms with Gasteiger partial charge in [0.2, 0.25) is 5.95 Å². The summed E-state index contributed by atoms with van der Waals surface area (Å²) in [6.07, 6.45) is 6.48. The first-order valence-electron chi connectivity index (χ1n) is 15.6. The van der Waals surface area contributed by atoms with Crippen LogP contribution in [0.4, 0.5) is 31.8 Å². The van der Waals surface area contributed by atoms with Crippen molar-refractivity contribution in [3.05, 3.63) is 102 Å². The lowest BCUT2D eigenvalue weighted by Crippen LogP contribution is -2.36. The van der Waals surface area contributed by atoms with E-state index in [1.807, 2.05) is 17.0 Å². The van der Waals surface area contributed by atoms with Crippen LogP contribution in [0.3, 0.4) is 0 Å². The Hall–Kier alpha value is -4.83. The summed E-state index contributed by atoms with van der Waals surface area (Å²) in [7, 11) is 0. The first-order chi connectivity index (χ1) is 22.4. The summed E-state index contributed by atoms with van der Waals surface area (Å²) in [5.74, 6) is -0.579.